The van der Waals surface area contributed by atoms with Crippen molar-refractivity contribution in [3.05, 3.63) is 41.7 Å². The second kappa shape index (κ2) is 8.44. The fraction of sp³-hybridized carbons (Fsp3) is 0.267. The summed E-state index contributed by atoms with van der Waals surface area (Å²) in [4.78, 5) is 13.4. The summed E-state index contributed by atoms with van der Waals surface area (Å²) < 4.78 is 13.0. The maximum absolute atomic E-state index is 13.0. The van der Waals surface area contributed by atoms with E-state index in [1.165, 1.54) is 29.2 Å². The number of nitriles is 2. The summed E-state index contributed by atoms with van der Waals surface area (Å²) in [6.45, 7) is 0.564. The molecule has 1 aromatic carbocycles. The van der Waals surface area contributed by atoms with Crippen LogP contribution in [0.2, 0.25) is 0 Å². The van der Waals surface area contributed by atoms with Crippen molar-refractivity contribution in [2.45, 2.75) is 12.8 Å². The molecule has 1 rings (SSSR count). The molecule has 102 valence electrons. The van der Waals surface area contributed by atoms with Gasteiger partial charge < -0.3 is 4.90 Å². The van der Waals surface area contributed by atoms with Crippen LogP contribution >= 0.6 is 0 Å². The van der Waals surface area contributed by atoms with E-state index >= 15 is 0 Å². The Morgan fingerprint density at radius 3 is 2.45 bits per heavy atom. The summed E-state index contributed by atoms with van der Waals surface area (Å²) >= 11 is 0. The lowest BCUT2D eigenvalue weighted by Gasteiger charge is -2.18. The highest BCUT2D eigenvalue weighted by Gasteiger charge is 2.09. The fourth-order valence-corrected chi connectivity index (χ4v) is 1.59. The third kappa shape index (κ3) is 5.32. The van der Waals surface area contributed by atoms with E-state index < -0.39 is 0 Å². The molecular formula is C15H14FN3O. The first-order valence-electron chi connectivity index (χ1n) is 6.14. The van der Waals surface area contributed by atoms with Gasteiger partial charge in [-0.05, 0) is 23.8 Å². The average molecular weight is 271 g/mol. The quantitative estimate of drug-likeness (QED) is 0.746. The van der Waals surface area contributed by atoms with E-state index in [0.717, 1.165) is 0 Å². The SMILES string of the molecule is N#CCCN(CCC#N)C(=O)/C=C/c1cccc(F)c1. The molecule has 0 saturated carbocycles. The molecule has 1 aromatic rings. The van der Waals surface area contributed by atoms with Crippen LogP contribution in [-0.2, 0) is 4.79 Å². The van der Waals surface area contributed by atoms with Gasteiger partial charge in [0.05, 0.1) is 25.0 Å². The smallest absolute Gasteiger partial charge is 0.246 e. The largest absolute Gasteiger partial charge is 0.337 e. The summed E-state index contributed by atoms with van der Waals surface area (Å²) in [7, 11) is 0. The number of amides is 1. The predicted molar refractivity (Wildman–Crippen MR) is 72.5 cm³/mol. The van der Waals surface area contributed by atoms with Crippen LogP contribution in [0.3, 0.4) is 0 Å². The number of benzene rings is 1. The molecule has 0 atom stereocenters. The van der Waals surface area contributed by atoms with Crippen molar-refractivity contribution in [3.63, 3.8) is 0 Å². The number of nitrogens with zero attached hydrogens (tertiary/aromatic N) is 3. The average Bonchev–Trinajstić information content (AvgIpc) is 2.45. The van der Waals surface area contributed by atoms with E-state index in [1.807, 2.05) is 12.1 Å². The van der Waals surface area contributed by atoms with Crippen molar-refractivity contribution >= 4 is 12.0 Å². The highest BCUT2D eigenvalue weighted by atomic mass is 19.1. The van der Waals surface area contributed by atoms with Crippen LogP contribution in [0, 0.1) is 28.5 Å². The fourth-order valence-electron chi connectivity index (χ4n) is 1.59. The van der Waals surface area contributed by atoms with Crippen LogP contribution in [0.15, 0.2) is 30.3 Å². The summed E-state index contributed by atoms with van der Waals surface area (Å²) in [5.41, 5.74) is 0.582. The predicted octanol–water partition coefficient (Wildman–Crippen LogP) is 2.49. The van der Waals surface area contributed by atoms with Crippen molar-refractivity contribution in [2.24, 2.45) is 0 Å². The maximum Gasteiger partial charge on any atom is 0.246 e. The van der Waals surface area contributed by atoms with E-state index in [1.54, 1.807) is 12.1 Å². The van der Waals surface area contributed by atoms with Crippen LogP contribution in [0.4, 0.5) is 4.39 Å². The van der Waals surface area contributed by atoms with Crippen LogP contribution in [0.5, 0.6) is 0 Å². The number of carbonyl (C=O) groups excluding carboxylic acids is 1. The van der Waals surface area contributed by atoms with Crippen LogP contribution < -0.4 is 0 Å². The molecule has 0 aromatic heterocycles. The zero-order valence-electron chi connectivity index (χ0n) is 10.9. The molecule has 0 unspecified atom stereocenters. The van der Waals surface area contributed by atoms with E-state index in [2.05, 4.69) is 0 Å². The topological polar surface area (TPSA) is 67.9 Å². The maximum atomic E-state index is 13.0. The van der Waals surface area contributed by atoms with Gasteiger partial charge in [0.25, 0.3) is 0 Å². The number of carbonyl (C=O) groups is 1. The molecule has 0 spiro atoms. The summed E-state index contributed by atoms with van der Waals surface area (Å²) in [6.07, 6.45) is 3.26. The van der Waals surface area contributed by atoms with Gasteiger partial charge in [-0.25, -0.2) is 4.39 Å². The van der Waals surface area contributed by atoms with Crippen molar-refractivity contribution < 1.29 is 9.18 Å². The van der Waals surface area contributed by atoms with E-state index in [9.17, 15) is 9.18 Å². The Hall–Kier alpha value is -2.66. The molecular weight excluding hydrogens is 257 g/mol. The first-order valence-corrected chi connectivity index (χ1v) is 6.14. The van der Waals surface area contributed by atoms with Gasteiger partial charge >= 0.3 is 0 Å². The van der Waals surface area contributed by atoms with Gasteiger partial charge in [0, 0.05) is 19.2 Å². The van der Waals surface area contributed by atoms with Gasteiger partial charge in [0.2, 0.25) is 5.91 Å². The van der Waals surface area contributed by atoms with Gasteiger partial charge in [0.15, 0.2) is 0 Å². The molecule has 0 aliphatic rings. The lowest BCUT2D eigenvalue weighted by Crippen LogP contribution is -2.31. The van der Waals surface area contributed by atoms with Crippen LogP contribution in [-0.4, -0.2) is 23.9 Å². The minimum Gasteiger partial charge on any atom is -0.337 e. The third-order valence-corrected chi connectivity index (χ3v) is 2.57. The Kier molecular flexibility index (Phi) is 6.50. The molecule has 1 amide bonds. The van der Waals surface area contributed by atoms with E-state index in [0.29, 0.717) is 5.56 Å². The molecule has 5 heteroatoms. The Balaban J connectivity index is 2.69. The van der Waals surface area contributed by atoms with Crippen molar-refractivity contribution in [3.8, 4) is 12.1 Å². The number of hydrogen-bond acceptors (Lipinski definition) is 3. The molecule has 4 nitrogen and oxygen atoms in total. The molecule has 0 heterocycles. The second-order valence-electron chi connectivity index (χ2n) is 4.03. The zero-order valence-corrected chi connectivity index (χ0v) is 10.9. The Bertz CT molecular complexity index is 551. The normalized spacial score (nSPS) is 9.95. The van der Waals surface area contributed by atoms with Gasteiger partial charge in [-0.1, -0.05) is 12.1 Å². The van der Waals surface area contributed by atoms with Gasteiger partial charge in [0.1, 0.15) is 5.82 Å². The summed E-state index contributed by atoms with van der Waals surface area (Å²) in [5.74, 6) is -0.662. The van der Waals surface area contributed by atoms with Crippen LogP contribution in [0.1, 0.15) is 18.4 Å². The van der Waals surface area contributed by atoms with Gasteiger partial charge in [-0.3, -0.25) is 4.79 Å². The molecule has 0 saturated heterocycles. The first kappa shape index (κ1) is 15.4. The highest BCUT2D eigenvalue weighted by Crippen LogP contribution is 2.06. The molecule has 0 fully saturated rings. The first-order chi connectivity index (χ1) is 9.67. The Morgan fingerprint density at radius 2 is 1.90 bits per heavy atom. The van der Waals surface area contributed by atoms with Crippen molar-refractivity contribution in [1.82, 2.24) is 4.90 Å². The molecule has 0 aliphatic carbocycles. The van der Waals surface area contributed by atoms with Gasteiger partial charge in [-0.15, -0.1) is 0 Å². The minimum atomic E-state index is -0.370. The molecule has 0 bridgehead atoms. The summed E-state index contributed by atoms with van der Waals surface area (Å²) in [6, 6.07) is 9.80. The van der Waals surface area contributed by atoms with Crippen molar-refractivity contribution in [2.75, 3.05) is 13.1 Å². The second-order valence-corrected chi connectivity index (χ2v) is 4.03. The van der Waals surface area contributed by atoms with Crippen molar-refractivity contribution in [1.29, 1.82) is 10.5 Å². The van der Waals surface area contributed by atoms with E-state index in [4.69, 9.17) is 10.5 Å². The summed E-state index contributed by atoms with van der Waals surface area (Å²) in [5, 5.41) is 17.1. The number of rotatable bonds is 6. The zero-order chi connectivity index (χ0) is 14.8. The molecule has 0 aliphatic heterocycles. The Morgan fingerprint density at radius 1 is 1.25 bits per heavy atom. The number of halogens is 1. The lowest BCUT2D eigenvalue weighted by molar-refractivity contribution is -0.125. The standard InChI is InChI=1S/C15H14FN3O/c16-14-5-1-4-13(12-14)6-7-15(20)19(10-2-8-17)11-3-9-18/h1,4-7,12H,2-3,10-11H2/b7-6+. The molecule has 20 heavy (non-hydrogen) atoms. The monoisotopic (exact) mass is 271 g/mol. The van der Waals surface area contributed by atoms with Gasteiger partial charge in [-0.2, -0.15) is 10.5 Å². The minimum absolute atomic E-state index is 0.213. The number of hydrogen-bond donors (Lipinski definition) is 0. The molecule has 0 N–H and O–H groups in total. The van der Waals surface area contributed by atoms with E-state index in [-0.39, 0.29) is 37.7 Å². The highest BCUT2D eigenvalue weighted by molar-refractivity contribution is 5.91. The third-order valence-electron chi connectivity index (χ3n) is 2.57. The lowest BCUT2D eigenvalue weighted by atomic mass is 10.2. The molecule has 0 radical (unpaired) electrons. The van der Waals surface area contributed by atoms with Crippen LogP contribution in [0.25, 0.3) is 6.08 Å². The Labute approximate surface area is 117 Å².